The lowest BCUT2D eigenvalue weighted by atomic mass is 10.1. The number of guanidine groups is 1. The van der Waals surface area contributed by atoms with Crippen LogP contribution in [0.2, 0.25) is 0 Å². The summed E-state index contributed by atoms with van der Waals surface area (Å²) in [6, 6.07) is 0. The molecule has 1 aliphatic rings. The number of hydrogen-bond donors (Lipinski definition) is 2. The normalized spacial score (nSPS) is 19.6. The topological polar surface area (TPSA) is 52.5 Å². The second kappa shape index (κ2) is 9.10. The van der Waals surface area contributed by atoms with Crippen molar-refractivity contribution in [3.05, 3.63) is 16.1 Å². The van der Waals surface area contributed by atoms with Gasteiger partial charge in [0, 0.05) is 30.7 Å². The van der Waals surface area contributed by atoms with Gasteiger partial charge in [0.05, 0.1) is 6.54 Å². The van der Waals surface area contributed by atoms with Gasteiger partial charge < -0.3 is 15.5 Å². The van der Waals surface area contributed by atoms with Crippen LogP contribution in [0, 0.1) is 12.8 Å². The molecule has 0 aromatic carbocycles. The predicted octanol–water partition coefficient (Wildman–Crippen LogP) is 2.24. The molecule has 2 N–H and O–H groups in total. The van der Waals surface area contributed by atoms with Crippen LogP contribution >= 0.6 is 11.3 Å². The number of rotatable bonds is 7. The summed E-state index contributed by atoms with van der Waals surface area (Å²) in [7, 11) is 0. The molecule has 1 fully saturated rings. The van der Waals surface area contributed by atoms with E-state index in [9.17, 15) is 0 Å². The van der Waals surface area contributed by atoms with Crippen LogP contribution in [0.4, 0.5) is 0 Å². The van der Waals surface area contributed by atoms with Crippen LogP contribution in [-0.2, 0) is 6.54 Å². The van der Waals surface area contributed by atoms with Crippen molar-refractivity contribution in [2.75, 3.05) is 32.7 Å². The van der Waals surface area contributed by atoms with Crippen LogP contribution in [0.5, 0.6) is 0 Å². The number of aryl methyl sites for hydroxylation is 1. The Bertz CT molecular complexity index is 471. The molecule has 1 aromatic heterocycles. The Labute approximate surface area is 138 Å². The van der Waals surface area contributed by atoms with E-state index in [1.54, 1.807) is 11.3 Å². The first kappa shape index (κ1) is 17.2. The van der Waals surface area contributed by atoms with Crippen molar-refractivity contribution in [3.8, 4) is 0 Å². The monoisotopic (exact) mass is 323 g/mol. The second-order valence-electron chi connectivity index (χ2n) is 5.90. The Hall–Kier alpha value is -1.14. The first-order valence-corrected chi connectivity index (χ1v) is 9.18. The molecule has 5 nitrogen and oxygen atoms in total. The van der Waals surface area contributed by atoms with Crippen molar-refractivity contribution >= 4 is 17.3 Å². The minimum absolute atomic E-state index is 0.653. The quantitative estimate of drug-likeness (QED) is 0.597. The first-order valence-electron chi connectivity index (χ1n) is 8.37. The number of aromatic nitrogens is 1. The molecule has 22 heavy (non-hydrogen) atoms. The van der Waals surface area contributed by atoms with Crippen LogP contribution in [0.3, 0.4) is 0 Å². The van der Waals surface area contributed by atoms with Gasteiger partial charge >= 0.3 is 0 Å². The highest BCUT2D eigenvalue weighted by molar-refractivity contribution is 7.11. The minimum atomic E-state index is 0.653. The molecular formula is C16H29N5S. The molecule has 1 unspecified atom stereocenters. The molecule has 0 aliphatic carbocycles. The van der Waals surface area contributed by atoms with Gasteiger partial charge in [-0.05, 0) is 45.7 Å². The highest BCUT2D eigenvalue weighted by atomic mass is 32.1. The Morgan fingerprint density at radius 2 is 2.32 bits per heavy atom. The van der Waals surface area contributed by atoms with E-state index in [4.69, 9.17) is 0 Å². The summed E-state index contributed by atoms with van der Waals surface area (Å²) in [5.74, 6) is 1.64. The van der Waals surface area contributed by atoms with Crippen LogP contribution in [0.25, 0.3) is 0 Å². The van der Waals surface area contributed by atoms with Crippen molar-refractivity contribution in [3.63, 3.8) is 0 Å². The molecule has 0 amide bonds. The summed E-state index contributed by atoms with van der Waals surface area (Å²) in [5, 5.41) is 7.89. The second-order valence-corrected chi connectivity index (χ2v) is 7.22. The fraction of sp³-hybridized carbons (Fsp3) is 0.750. The summed E-state index contributed by atoms with van der Waals surface area (Å²) in [5.41, 5.74) is 0. The average Bonchev–Trinajstić information content (AvgIpc) is 3.11. The van der Waals surface area contributed by atoms with Crippen molar-refractivity contribution in [2.24, 2.45) is 10.9 Å². The third-order valence-electron chi connectivity index (χ3n) is 3.85. The van der Waals surface area contributed by atoms with Crippen molar-refractivity contribution in [1.29, 1.82) is 0 Å². The molecule has 0 saturated carbocycles. The van der Waals surface area contributed by atoms with E-state index in [-0.39, 0.29) is 0 Å². The summed E-state index contributed by atoms with van der Waals surface area (Å²) < 4.78 is 0. The number of nitrogens with one attached hydrogen (secondary N) is 2. The Kier molecular flexibility index (Phi) is 7.12. The lowest BCUT2D eigenvalue weighted by Crippen LogP contribution is -2.40. The molecule has 124 valence electrons. The van der Waals surface area contributed by atoms with Crippen molar-refractivity contribution < 1.29 is 0 Å². The highest BCUT2D eigenvalue weighted by Crippen LogP contribution is 2.15. The van der Waals surface area contributed by atoms with E-state index >= 15 is 0 Å². The molecule has 0 spiro atoms. The summed E-state index contributed by atoms with van der Waals surface area (Å²) >= 11 is 1.72. The lowest BCUT2D eigenvalue weighted by molar-refractivity contribution is 0.324. The maximum Gasteiger partial charge on any atom is 0.191 e. The van der Waals surface area contributed by atoms with E-state index in [0.717, 1.165) is 30.0 Å². The first-order chi connectivity index (χ1) is 10.7. The lowest BCUT2D eigenvalue weighted by Gasteiger charge is -2.16. The SMILES string of the molecule is CCCN1CCC(CNC(=NCc2ncc(C)s2)NCC)C1. The van der Waals surface area contributed by atoms with Gasteiger partial charge in [-0.3, -0.25) is 0 Å². The predicted molar refractivity (Wildman–Crippen MR) is 94.5 cm³/mol. The van der Waals surface area contributed by atoms with E-state index in [1.807, 2.05) is 6.20 Å². The van der Waals surface area contributed by atoms with Gasteiger partial charge in [0.2, 0.25) is 0 Å². The molecule has 2 heterocycles. The Morgan fingerprint density at radius 3 is 3.00 bits per heavy atom. The minimum Gasteiger partial charge on any atom is -0.357 e. The van der Waals surface area contributed by atoms with Crippen LogP contribution < -0.4 is 10.6 Å². The largest absolute Gasteiger partial charge is 0.357 e. The third-order valence-corrected chi connectivity index (χ3v) is 4.75. The maximum atomic E-state index is 4.64. The van der Waals surface area contributed by atoms with E-state index < -0.39 is 0 Å². The molecule has 2 rings (SSSR count). The van der Waals surface area contributed by atoms with Crippen molar-refractivity contribution in [1.82, 2.24) is 20.5 Å². The number of likely N-dealkylation sites (tertiary alicyclic amines) is 1. The molecule has 1 saturated heterocycles. The third kappa shape index (κ3) is 5.57. The van der Waals surface area contributed by atoms with Crippen LogP contribution in [0.15, 0.2) is 11.2 Å². The average molecular weight is 324 g/mol. The van der Waals surface area contributed by atoms with Crippen LogP contribution in [0.1, 0.15) is 36.6 Å². The number of hydrogen-bond acceptors (Lipinski definition) is 4. The van der Waals surface area contributed by atoms with E-state index in [1.165, 1.54) is 37.4 Å². The molecular weight excluding hydrogens is 294 g/mol. The number of aliphatic imine (C=N–C) groups is 1. The molecule has 6 heteroatoms. The molecule has 0 bridgehead atoms. The van der Waals surface area contributed by atoms with Gasteiger partial charge in [-0.15, -0.1) is 11.3 Å². The van der Waals surface area contributed by atoms with Gasteiger partial charge in [-0.25, -0.2) is 9.98 Å². The zero-order chi connectivity index (χ0) is 15.8. The summed E-state index contributed by atoms with van der Waals surface area (Å²) in [6.07, 6.45) is 4.45. The summed E-state index contributed by atoms with van der Waals surface area (Å²) in [4.78, 5) is 12.8. The zero-order valence-electron chi connectivity index (χ0n) is 14.1. The van der Waals surface area contributed by atoms with Gasteiger partial charge in [-0.2, -0.15) is 0 Å². The molecule has 0 radical (unpaired) electrons. The maximum absolute atomic E-state index is 4.64. The Morgan fingerprint density at radius 1 is 1.45 bits per heavy atom. The fourth-order valence-corrected chi connectivity index (χ4v) is 3.51. The fourth-order valence-electron chi connectivity index (χ4n) is 2.80. The highest BCUT2D eigenvalue weighted by Gasteiger charge is 2.21. The number of thiazole rings is 1. The van der Waals surface area contributed by atoms with Crippen LogP contribution in [-0.4, -0.2) is 48.6 Å². The van der Waals surface area contributed by atoms with Gasteiger partial charge in [0.15, 0.2) is 5.96 Å². The Balaban J connectivity index is 1.78. The van der Waals surface area contributed by atoms with E-state index in [2.05, 4.69) is 46.3 Å². The van der Waals surface area contributed by atoms with Crippen molar-refractivity contribution in [2.45, 2.75) is 40.2 Å². The molecule has 1 aliphatic heterocycles. The van der Waals surface area contributed by atoms with Gasteiger partial charge in [0.25, 0.3) is 0 Å². The standard InChI is InChI=1S/C16H29N5S/c1-4-7-21-8-6-14(12-21)10-19-16(17-5-2)20-11-15-18-9-13(3)22-15/h9,14H,4-8,10-12H2,1-3H3,(H2,17,19,20). The van der Waals surface area contributed by atoms with Gasteiger partial charge in [-0.1, -0.05) is 6.92 Å². The number of nitrogens with zero attached hydrogens (tertiary/aromatic N) is 3. The molecule has 1 atom stereocenters. The molecule has 1 aromatic rings. The smallest absolute Gasteiger partial charge is 0.191 e. The van der Waals surface area contributed by atoms with Gasteiger partial charge in [0.1, 0.15) is 5.01 Å². The van der Waals surface area contributed by atoms with E-state index in [0.29, 0.717) is 6.54 Å². The summed E-state index contributed by atoms with van der Waals surface area (Å²) in [6.45, 7) is 12.7. The zero-order valence-corrected chi connectivity index (χ0v) is 14.9.